The molecule has 2 aromatic rings. The maximum absolute atomic E-state index is 12.9. The first kappa shape index (κ1) is 24.6. The van der Waals surface area contributed by atoms with Gasteiger partial charge < -0.3 is 19.3 Å². The lowest BCUT2D eigenvalue weighted by Crippen LogP contribution is -2.49. The number of nitro benzene ring substituents is 1. The van der Waals surface area contributed by atoms with Crippen LogP contribution in [-0.4, -0.2) is 85.7 Å². The van der Waals surface area contributed by atoms with Crippen molar-refractivity contribution in [2.75, 3.05) is 64.0 Å². The van der Waals surface area contributed by atoms with Crippen molar-refractivity contribution in [2.45, 2.75) is 13.5 Å². The fourth-order valence-electron chi connectivity index (χ4n) is 4.36. The average molecular weight is 483 g/mol. The Kier molecular flexibility index (Phi) is 7.94. The van der Waals surface area contributed by atoms with Crippen LogP contribution in [0.2, 0.25) is 0 Å². The number of non-ortho nitro benzene ring substituents is 1. The zero-order chi connectivity index (χ0) is 24.8. The number of aryl methyl sites for hydroxylation is 1. The second-order valence-corrected chi connectivity index (χ2v) is 8.72. The van der Waals surface area contributed by atoms with Gasteiger partial charge in [0.2, 0.25) is 0 Å². The number of piperazine rings is 1. The third kappa shape index (κ3) is 6.14. The van der Waals surface area contributed by atoms with Crippen molar-refractivity contribution in [1.82, 2.24) is 9.80 Å². The molecule has 0 aliphatic carbocycles. The first-order valence-corrected chi connectivity index (χ1v) is 11.8. The van der Waals surface area contributed by atoms with Crippen LogP contribution < -0.4 is 4.90 Å². The Bertz CT molecular complexity index is 1080. The number of morpholine rings is 1. The molecule has 35 heavy (non-hydrogen) atoms. The van der Waals surface area contributed by atoms with E-state index in [1.807, 2.05) is 17.0 Å². The van der Waals surface area contributed by atoms with Gasteiger partial charge in [0, 0.05) is 57.9 Å². The van der Waals surface area contributed by atoms with Gasteiger partial charge in [0.25, 0.3) is 11.6 Å². The molecule has 0 atom stereocenters. The number of anilines is 1. The molecular formula is C25H30N4O6. The first-order chi connectivity index (χ1) is 16.9. The number of ether oxygens (including phenoxy) is 2. The number of amides is 1. The van der Waals surface area contributed by atoms with Crippen LogP contribution in [0.4, 0.5) is 11.4 Å². The average Bonchev–Trinajstić information content (AvgIpc) is 2.89. The molecule has 1 amide bonds. The van der Waals surface area contributed by atoms with Crippen molar-refractivity contribution in [1.29, 1.82) is 0 Å². The minimum Gasteiger partial charge on any atom is -0.452 e. The number of benzene rings is 2. The van der Waals surface area contributed by atoms with E-state index in [-0.39, 0.29) is 17.2 Å². The van der Waals surface area contributed by atoms with E-state index < -0.39 is 17.5 Å². The normalized spacial score (nSPS) is 16.7. The van der Waals surface area contributed by atoms with Crippen LogP contribution in [0.25, 0.3) is 0 Å². The summed E-state index contributed by atoms with van der Waals surface area (Å²) in [4.78, 5) is 42.2. The first-order valence-electron chi connectivity index (χ1n) is 11.8. The second kappa shape index (κ2) is 11.3. The molecule has 4 rings (SSSR count). The molecule has 0 unspecified atom stereocenters. The molecule has 186 valence electrons. The molecule has 10 nitrogen and oxygen atoms in total. The Balaban J connectivity index is 1.33. The molecule has 2 aliphatic rings. The number of hydrogen-bond donors (Lipinski definition) is 0. The smallest absolute Gasteiger partial charge is 0.341 e. The molecule has 2 fully saturated rings. The van der Waals surface area contributed by atoms with Crippen LogP contribution in [0.1, 0.15) is 21.5 Å². The molecule has 2 heterocycles. The summed E-state index contributed by atoms with van der Waals surface area (Å²) in [7, 11) is 0. The lowest BCUT2D eigenvalue weighted by Gasteiger charge is -2.35. The van der Waals surface area contributed by atoms with Crippen LogP contribution in [0, 0.1) is 17.0 Å². The third-order valence-corrected chi connectivity index (χ3v) is 6.47. The fraction of sp³-hybridized carbons (Fsp3) is 0.440. The highest BCUT2D eigenvalue weighted by Crippen LogP contribution is 2.27. The highest BCUT2D eigenvalue weighted by Gasteiger charge is 2.26. The summed E-state index contributed by atoms with van der Waals surface area (Å²) < 4.78 is 10.7. The van der Waals surface area contributed by atoms with Crippen LogP contribution >= 0.6 is 0 Å². The van der Waals surface area contributed by atoms with E-state index in [0.29, 0.717) is 45.1 Å². The van der Waals surface area contributed by atoms with Crippen molar-refractivity contribution in [3.63, 3.8) is 0 Å². The van der Waals surface area contributed by atoms with Gasteiger partial charge in [-0.1, -0.05) is 24.3 Å². The second-order valence-electron chi connectivity index (χ2n) is 8.72. The lowest BCUT2D eigenvalue weighted by atomic mass is 10.1. The van der Waals surface area contributed by atoms with Crippen molar-refractivity contribution in [2.24, 2.45) is 0 Å². The fourth-order valence-corrected chi connectivity index (χ4v) is 4.36. The third-order valence-electron chi connectivity index (χ3n) is 6.47. The Hall–Kier alpha value is -3.50. The Labute approximate surface area is 204 Å². The summed E-state index contributed by atoms with van der Waals surface area (Å²) in [5.74, 6) is -1.02. The van der Waals surface area contributed by atoms with E-state index >= 15 is 0 Å². The Morgan fingerprint density at radius 3 is 2.43 bits per heavy atom. The number of carbonyl (C=O) groups excluding carboxylic acids is 2. The van der Waals surface area contributed by atoms with Crippen molar-refractivity contribution >= 4 is 23.3 Å². The molecule has 0 spiro atoms. The quantitative estimate of drug-likeness (QED) is 0.336. The molecule has 0 radical (unpaired) electrons. The molecule has 2 aromatic carbocycles. The van der Waals surface area contributed by atoms with Gasteiger partial charge in [-0.25, -0.2) is 4.79 Å². The molecule has 0 N–H and O–H groups in total. The van der Waals surface area contributed by atoms with Crippen molar-refractivity contribution in [3.8, 4) is 0 Å². The molecule has 0 aromatic heterocycles. The maximum Gasteiger partial charge on any atom is 0.341 e. The van der Waals surface area contributed by atoms with Gasteiger partial charge in [-0.15, -0.1) is 0 Å². The van der Waals surface area contributed by atoms with E-state index in [4.69, 9.17) is 9.47 Å². The lowest BCUT2D eigenvalue weighted by molar-refractivity contribution is -0.384. The molecule has 0 saturated carbocycles. The van der Waals surface area contributed by atoms with Crippen LogP contribution in [-0.2, 0) is 20.8 Å². The van der Waals surface area contributed by atoms with Crippen molar-refractivity contribution < 1.29 is 24.0 Å². The summed E-state index contributed by atoms with van der Waals surface area (Å²) in [6.45, 7) is 7.22. The highest BCUT2D eigenvalue weighted by molar-refractivity contribution is 5.97. The van der Waals surface area contributed by atoms with Crippen molar-refractivity contribution in [3.05, 3.63) is 69.3 Å². The van der Waals surface area contributed by atoms with E-state index in [1.54, 1.807) is 11.0 Å². The van der Waals surface area contributed by atoms with E-state index in [0.717, 1.165) is 19.6 Å². The summed E-state index contributed by atoms with van der Waals surface area (Å²) >= 11 is 0. The summed E-state index contributed by atoms with van der Waals surface area (Å²) in [5.41, 5.74) is 2.94. The molecule has 2 aliphatic heterocycles. The molecule has 0 bridgehead atoms. The topological polar surface area (TPSA) is 105 Å². The summed E-state index contributed by atoms with van der Waals surface area (Å²) in [5, 5.41) is 11.3. The van der Waals surface area contributed by atoms with Gasteiger partial charge in [-0.05, 0) is 24.1 Å². The zero-order valence-electron chi connectivity index (χ0n) is 19.9. The standard InChI is InChI=1S/C25H30N4O6/c1-19-4-2-3-5-20(19)17-26-8-10-28(11-9-26)24(30)18-35-25(31)22-16-21(29(32)33)6-7-23(22)27-12-14-34-15-13-27/h2-7,16H,8-15,17-18H2,1H3. The number of hydrogen-bond acceptors (Lipinski definition) is 8. The number of carbonyl (C=O) groups is 2. The Morgan fingerprint density at radius 1 is 1.03 bits per heavy atom. The summed E-state index contributed by atoms with van der Waals surface area (Å²) in [6.07, 6.45) is 0. The predicted molar refractivity (Wildman–Crippen MR) is 129 cm³/mol. The minimum absolute atomic E-state index is 0.0805. The van der Waals surface area contributed by atoms with E-state index in [1.165, 1.54) is 23.3 Å². The number of rotatable bonds is 7. The molecule has 10 heteroatoms. The van der Waals surface area contributed by atoms with Gasteiger partial charge in [-0.2, -0.15) is 0 Å². The van der Waals surface area contributed by atoms with E-state index in [9.17, 15) is 19.7 Å². The Morgan fingerprint density at radius 2 is 1.74 bits per heavy atom. The molecule has 2 saturated heterocycles. The minimum atomic E-state index is -0.748. The number of nitrogens with zero attached hydrogens (tertiary/aromatic N) is 4. The van der Waals surface area contributed by atoms with Gasteiger partial charge in [0.15, 0.2) is 6.61 Å². The monoisotopic (exact) mass is 482 g/mol. The van der Waals surface area contributed by atoms with Gasteiger partial charge in [0.05, 0.1) is 29.4 Å². The SMILES string of the molecule is Cc1ccccc1CN1CCN(C(=O)COC(=O)c2cc([N+](=O)[O-])ccc2N2CCOCC2)CC1. The predicted octanol–water partition coefficient (Wildman–Crippen LogP) is 2.24. The van der Waals surface area contributed by atoms with Crippen LogP contribution in [0.5, 0.6) is 0 Å². The summed E-state index contributed by atoms with van der Waals surface area (Å²) in [6, 6.07) is 12.4. The molecular weight excluding hydrogens is 452 g/mol. The van der Waals surface area contributed by atoms with Gasteiger partial charge in [0.1, 0.15) is 0 Å². The van der Waals surface area contributed by atoms with E-state index in [2.05, 4.69) is 24.0 Å². The maximum atomic E-state index is 12.9. The number of esters is 1. The zero-order valence-corrected chi connectivity index (χ0v) is 19.9. The van der Waals surface area contributed by atoms with Gasteiger partial charge >= 0.3 is 5.97 Å². The number of nitro groups is 1. The van der Waals surface area contributed by atoms with Gasteiger partial charge in [-0.3, -0.25) is 19.8 Å². The van der Waals surface area contributed by atoms with Crippen LogP contribution in [0.3, 0.4) is 0 Å². The largest absolute Gasteiger partial charge is 0.452 e. The van der Waals surface area contributed by atoms with Crippen LogP contribution in [0.15, 0.2) is 42.5 Å². The highest BCUT2D eigenvalue weighted by atomic mass is 16.6.